The average Bonchev–Trinajstić information content (AvgIpc) is 2.74. The zero-order valence-corrected chi connectivity index (χ0v) is 18.8. The molecule has 1 aromatic rings. The number of nitrogens with zero attached hydrogens (tertiary/aromatic N) is 5. The molecule has 166 valence electrons. The Morgan fingerprint density at radius 2 is 1.97 bits per heavy atom. The van der Waals surface area contributed by atoms with Crippen molar-refractivity contribution in [3.8, 4) is 6.19 Å². The predicted molar refractivity (Wildman–Crippen MR) is 121 cm³/mol. The van der Waals surface area contributed by atoms with Gasteiger partial charge in [0.15, 0.2) is 0 Å². The SMILES string of the molecule is CC(/C(=N/C#N)NC1C2CC3CC1CC(O)(C3)C2)N1CCN(c2ccc(Cl)nc2)CC1. The topological polar surface area (TPSA) is 87.8 Å². The van der Waals surface area contributed by atoms with Gasteiger partial charge in [0.2, 0.25) is 6.19 Å². The van der Waals surface area contributed by atoms with Crippen LogP contribution in [0.1, 0.15) is 39.0 Å². The summed E-state index contributed by atoms with van der Waals surface area (Å²) in [5.74, 6) is 2.43. The molecule has 1 aliphatic heterocycles. The second-order valence-corrected chi connectivity index (χ2v) is 10.4. The van der Waals surface area contributed by atoms with Gasteiger partial charge in [0, 0.05) is 32.2 Å². The number of aliphatic imine (C=N–C) groups is 1. The van der Waals surface area contributed by atoms with Crippen LogP contribution in [-0.2, 0) is 0 Å². The molecule has 7 nitrogen and oxygen atoms in total. The van der Waals surface area contributed by atoms with Crippen molar-refractivity contribution in [2.24, 2.45) is 22.7 Å². The van der Waals surface area contributed by atoms with Crippen LogP contribution in [0.25, 0.3) is 0 Å². The van der Waals surface area contributed by atoms with Gasteiger partial charge in [0.25, 0.3) is 0 Å². The van der Waals surface area contributed by atoms with Crippen LogP contribution in [0.3, 0.4) is 0 Å². The lowest BCUT2D eigenvalue weighted by atomic mass is 9.52. The minimum atomic E-state index is -0.445. The number of rotatable bonds is 4. The third kappa shape index (κ3) is 4.13. The number of aromatic nitrogens is 1. The number of pyridine rings is 1. The lowest BCUT2D eigenvalue weighted by Crippen LogP contribution is -2.63. The molecule has 4 saturated carbocycles. The largest absolute Gasteiger partial charge is 0.390 e. The van der Waals surface area contributed by atoms with Crippen molar-refractivity contribution in [3.05, 3.63) is 23.5 Å². The number of nitriles is 1. The van der Waals surface area contributed by atoms with Gasteiger partial charge in [-0.25, -0.2) is 4.98 Å². The number of hydrogen-bond acceptors (Lipinski definition) is 6. The molecule has 2 heterocycles. The Morgan fingerprint density at radius 3 is 2.55 bits per heavy atom. The summed E-state index contributed by atoms with van der Waals surface area (Å²) in [5, 5.41) is 24.4. The van der Waals surface area contributed by atoms with Crippen LogP contribution >= 0.6 is 11.6 Å². The molecule has 4 bridgehead atoms. The first-order valence-corrected chi connectivity index (χ1v) is 11.9. The first-order chi connectivity index (χ1) is 14.9. The van der Waals surface area contributed by atoms with E-state index in [4.69, 9.17) is 11.6 Å². The van der Waals surface area contributed by atoms with E-state index in [0.717, 1.165) is 57.0 Å². The van der Waals surface area contributed by atoms with Crippen molar-refractivity contribution in [2.45, 2.75) is 56.7 Å². The average molecular weight is 443 g/mol. The van der Waals surface area contributed by atoms with Crippen LogP contribution in [0.2, 0.25) is 5.15 Å². The Labute approximate surface area is 189 Å². The second kappa shape index (κ2) is 8.23. The van der Waals surface area contributed by atoms with E-state index in [-0.39, 0.29) is 6.04 Å². The lowest BCUT2D eigenvalue weighted by Gasteiger charge is -2.58. The number of amidine groups is 1. The molecule has 5 aliphatic rings. The third-order valence-electron chi connectivity index (χ3n) is 8.06. The lowest BCUT2D eigenvalue weighted by molar-refractivity contribution is -0.136. The van der Waals surface area contributed by atoms with Crippen molar-refractivity contribution in [1.82, 2.24) is 15.2 Å². The van der Waals surface area contributed by atoms with Crippen molar-refractivity contribution in [1.29, 1.82) is 5.26 Å². The van der Waals surface area contributed by atoms with E-state index >= 15 is 0 Å². The van der Waals surface area contributed by atoms with E-state index in [9.17, 15) is 10.4 Å². The summed E-state index contributed by atoms with van der Waals surface area (Å²) in [6.45, 7) is 5.74. The number of nitrogens with one attached hydrogen (secondary N) is 1. The highest BCUT2D eigenvalue weighted by atomic mass is 35.5. The molecule has 31 heavy (non-hydrogen) atoms. The van der Waals surface area contributed by atoms with Crippen molar-refractivity contribution in [3.63, 3.8) is 0 Å². The Kier molecular flexibility index (Phi) is 5.58. The number of aliphatic hydroxyl groups is 1. The van der Waals surface area contributed by atoms with Gasteiger partial charge in [-0.1, -0.05) is 11.6 Å². The van der Waals surface area contributed by atoms with Gasteiger partial charge in [0.05, 0.1) is 23.5 Å². The van der Waals surface area contributed by atoms with Crippen LogP contribution in [0, 0.1) is 29.2 Å². The first kappa shape index (κ1) is 21.0. The van der Waals surface area contributed by atoms with Crippen LogP contribution in [0.15, 0.2) is 23.3 Å². The molecular formula is C23H31ClN6O. The highest BCUT2D eigenvalue weighted by Crippen LogP contribution is 2.55. The molecular weight excluding hydrogens is 412 g/mol. The number of anilines is 1. The summed E-state index contributed by atoms with van der Waals surface area (Å²) in [6.07, 6.45) is 9.00. The standard InChI is InChI=1S/C23H31ClN6O/c1-15(29-4-6-30(7-5-29)19-2-3-20(24)26-13-19)22(27-14-25)28-21-17-8-16-9-18(21)12-23(31,10-16)11-17/h2-3,13,15-18,21,31H,4-12H2,1H3,(H,27,28). The van der Waals surface area contributed by atoms with Crippen LogP contribution in [0.4, 0.5) is 5.69 Å². The molecule has 3 atom stereocenters. The highest BCUT2D eigenvalue weighted by molar-refractivity contribution is 6.29. The molecule has 2 N–H and O–H groups in total. The fraction of sp³-hybridized carbons (Fsp3) is 0.696. The van der Waals surface area contributed by atoms with Gasteiger partial charge in [-0.05, 0) is 68.9 Å². The van der Waals surface area contributed by atoms with Crippen LogP contribution < -0.4 is 10.2 Å². The summed E-state index contributed by atoms with van der Waals surface area (Å²) in [7, 11) is 0. The maximum absolute atomic E-state index is 10.9. The molecule has 4 aliphatic carbocycles. The Bertz CT molecular complexity index is 859. The van der Waals surface area contributed by atoms with Gasteiger partial charge in [-0.2, -0.15) is 10.3 Å². The first-order valence-electron chi connectivity index (χ1n) is 11.5. The fourth-order valence-corrected chi connectivity index (χ4v) is 6.90. The monoisotopic (exact) mass is 442 g/mol. The van der Waals surface area contributed by atoms with Gasteiger partial charge < -0.3 is 15.3 Å². The Morgan fingerprint density at radius 1 is 1.26 bits per heavy atom. The van der Waals surface area contributed by atoms with Gasteiger partial charge >= 0.3 is 0 Å². The summed E-state index contributed by atoms with van der Waals surface area (Å²) >= 11 is 5.91. The quantitative estimate of drug-likeness (QED) is 0.322. The van der Waals surface area contributed by atoms with Crippen molar-refractivity contribution >= 4 is 23.1 Å². The van der Waals surface area contributed by atoms with E-state index in [1.165, 1.54) is 12.8 Å². The van der Waals surface area contributed by atoms with E-state index in [2.05, 4.69) is 32.0 Å². The number of piperazine rings is 1. The number of halogens is 1. The normalized spacial score (nSPS) is 36.3. The summed E-state index contributed by atoms with van der Waals surface area (Å²) in [5.41, 5.74) is 0.645. The second-order valence-electron chi connectivity index (χ2n) is 10.00. The molecule has 0 radical (unpaired) electrons. The van der Waals surface area contributed by atoms with E-state index in [1.807, 2.05) is 24.5 Å². The summed E-state index contributed by atoms with van der Waals surface area (Å²) in [4.78, 5) is 13.1. The van der Waals surface area contributed by atoms with Crippen LogP contribution in [0.5, 0.6) is 0 Å². The zero-order valence-electron chi connectivity index (χ0n) is 18.0. The van der Waals surface area contributed by atoms with Crippen molar-refractivity contribution in [2.75, 3.05) is 31.1 Å². The molecule has 1 saturated heterocycles. The van der Waals surface area contributed by atoms with E-state index in [0.29, 0.717) is 28.9 Å². The third-order valence-corrected chi connectivity index (χ3v) is 8.28. The van der Waals surface area contributed by atoms with E-state index < -0.39 is 5.60 Å². The van der Waals surface area contributed by atoms with Gasteiger partial charge in [0.1, 0.15) is 11.0 Å². The predicted octanol–water partition coefficient (Wildman–Crippen LogP) is 2.65. The zero-order chi connectivity index (χ0) is 21.6. The Hall–Kier alpha value is -1.88. The van der Waals surface area contributed by atoms with Crippen molar-refractivity contribution < 1.29 is 5.11 Å². The molecule has 0 spiro atoms. The maximum atomic E-state index is 10.9. The van der Waals surface area contributed by atoms with Gasteiger partial charge in [-0.3, -0.25) is 4.90 Å². The minimum absolute atomic E-state index is 0.0606. The number of hydrogen-bond donors (Lipinski definition) is 2. The smallest absolute Gasteiger partial charge is 0.207 e. The minimum Gasteiger partial charge on any atom is -0.390 e. The Balaban J connectivity index is 1.23. The molecule has 0 aromatic carbocycles. The molecule has 0 amide bonds. The summed E-state index contributed by atoms with van der Waals surface area (Å²) < 4.78 is 0. The molecule has 8 heteroatoms. The van der Waals surface area contributed by atoms with E-state index in [1.54, 1.807) is 0 Å². The van der Waals surface area contributed by atoms with Gasteiger partial charge in [-0.15, -0.1) is 0 Å². The molecule has 6 rings (SSSR count). The highest BCUT2D eigenvalue weighted by Gasteiger charge is 2.55. The van der Waals surface area contributed by atoms with Crippen LogP contribution in [-0.4, -0.2) is 64.7 Å². The fourth-order valence-electron chi connectivity index (χ4n) is 6.78. The molecule has 5 fully saturated rings. The molecule has 3 unspecified atom stereocenters. The summed E-state index contributed by atoms with van der Waals surface area (Å²) in [6, 6.07) is 4.23. The molecule has 1 aromatic heterocycles. The maximum Gasteiger partial charge on any atom is 0.207 e.